The van der Waals surface area contributed by atoms with Gasteiger partial charge in [-0.2, -0.15) is 0 Å². The van der Waals surface area contributed by atoms with Crippen molar-refractivity contribution in [3.63, 3.8) is 0 Å². The van der Waals surface area contributed by atoms with Gasteiger partial charge in [0.2, 0.25) is 5.95 Å². The predicted octanol–water partition coefficient (Wildman–Crippen LogP) is 2.25. The van der Waals surface area contributed by atoms with E-state index in [-0.39, 0.29) is 6.04 Å². The number of hydrogen-bond acceptors (Lipinski definition) is 3. The average molecular weight is 211 g/mol. The van der Waals surface area contributed by atoms with Crippen LogP contribution < -0.4 is 5.73 Å². The minimum atomic E-state index is 0.228. The van der Waals surface area contributed by atoms with Gasteiger partial charge >= 0.3 is 0 Å². The molecule has 0 saturated heterocycles. The second kappa shape index (κ2) is 3.13. The third kappa shape index (κ3) is 1.32. The summed E-state index contributed by atoms with van der Waals surface area (Å²) in [4.78, 5) is 8.40. The minimum absolute atomic E-state index is 0.228. The lowest BCUT2D eigenvalue weighted by Gasteiger charge is -2.08. The van der Waals surface area contributed by atoms with Crippen molar-refractivity contribution in [1.82, 2.24) is 14.5 Å². The van der Waals surface area contributed by atoms with E-state index in [0.29, 0.717) is 11.1 Å². The average Bonchev–Trinajstić information content (AvgIpc) is 2.40. The van der Waals surface area contributed by atoms with Crippen molar-refractivity contribution in [2.75, 3.05) is 5.73 Å². The molecule has 0 bridgehead atoms. The Morgan fingerprint density at radius 3 is 2.71 bits per heavy atom. The first-order chi connectivity index (χ1) is 6.59. The number of rotatable bonds is 1. The van der Waals surface area contributed by atoms with Gasteiger partial charge in [0.25, 0.3) is 0 Å². The lowest BCUT2D eigenvalue weighted by molar-refractivity contribution is 0.622. The molecule has 0 amide bonds. The van der Waals surface area contributed by atoms with Crippen molar-refractivity contribution in [2.45, 2.75) is 19.9 Å². The Bertz CT molecular complexity index is 475. The Balaban J connectivity index is 2.79. The summed E-state index contributed by atoms with van der Waals surface area (Å²) in [5.41, 5.74) is 7.29. The maximum atomic E-state index is 5.81. The molecule has 0 radical (unpaired) electrons. The SMILES string of the molecule is CC(C)n1c(N)nc2ccc(Cl)nc21. The summed E-state index contributed by atoms with van der Waals surface area (Å²) < 4.78 is 1.86. The second-order valence-corrected chi connectivity index (χ2v) is 3.80. The normalized spacial score (nSPS) is 11.4. The molecule has 4 nitrogen and oxygen atoms in total. The van der Waals surface area contributed by atoms with Gasteiger partial charge in [-0.3, -0.25) is 4.57 Å². The molecule has 5 heteroatoms. The summed E-state index contributed by atoms with van der Waals surface area (Å²) in [6.07, 6.45) is 0. The summed E-state index contributed by atoms with van der Waals surface area (Å²) in [5, 5.41) is 0.458. The van der Waals surface area contributed by atoms with Crippen molar-refractivity contribution >= 4 is 28.7 Å². The van der Waals surface area contributed by atoms with E-state index in [1.807, 2.05) is 24.5 Å². The van der Waals surface area contributed by atoms with Crippen molar-refractivity contribution in [1.29, 1.82) is 0 Å². The van der Waals surface area contributed by atoms with Crippen LogP contribution in [-0.2, 0) is 0 Å². The number of imidazole rings is 1. The van der Waals surface area contributed by atoms with Gasteiger partial charge in [0.1, 0.15) is 10.7 Å². The van der Waals surface area contributed by atoms with Gasteiger partial charge in [0.15, 0.2) is 5.65 Å². The Hall–Kier alpha value is -1.29. The monoisotopic (exact) mass is 210 g/mol. The maximum Gasteiger partial charge on any atom is 0.202 e. The minimum Gasteiger partial charge on any atom is -0.369 e. The molecule has 0 fully saturated rings. The molecule has 2 heterocycles. The highest BCUT2D eigenvalue weighted by Gasteiger charge is 2.11. The quantitative estimate of drug-likeness (QED) is 0.735. The Kier molecular flexibility index (Phi) is 2.07. The van der Waals surface area contributed by atoms with Gasteiger partial charge in [-0.15, -0.1) is 0 Å². The van der Waals surface area contributed by atoms with Crippen LogP contribution in [0.25, 0.3) is 11.2 Å². The van der Waals surface area contributed by atoms with E-state index in [1.54, 1.807) is 6.07 Å². The van der Waals surface area contributed by atoms with Crippen LogP contribution in [0.4, 0.5) is 5.95 Å². The van der Waals surface area contributed by atoms with Crippen molar-refractivity contribution < 1.29 is 0 Å². The molecule has 2 aromatic rings. The van der Waals surface area contributed by atoms with Crippen LogP contribution in [0.1, 0.15) is 19.9 Å². The van der Waals surface area contributed by atoms with Crippen LogP contribution in [0.2, 0.25) is 5.15 Å². The molecule has 0 aliphatic carbocycles. The van der Waals surface area contributed by atoms with E-state index in [0.717, 1.165) is 11.2 Å². The number of hydrogen-bond donors (Lipinski definition) is 1. The molecular formula is C9H11ClN4. The first kappa shape index (κ1) is 9.27. The fourth-order valence-electron chi connectivity index (χ4n) is 1.48. The molecular weight excluding hydrogens is 200 g/mol. The summed E-state index contributed by atoms with van der Waals surface area (Å²) in [6.45, 7) is 4.06. The highest BCUT2D eigenvalue weighted by atomic mass is 35.5. The highest BCUT2D eigenvalue weighted by molar-refractivity contribution is 6.29. The summed E-state index contributed by atoms with van der Waals surface area (Å²) >= 11 is 5.81. The van der Waals surface area contributed by atoms with Crippen molar-refractivity contribution in [3.8, 4) is 0 Å². The third-order valence-corrected chi connectivity index (χ3v) is 2.26. The van der Waals surface area contributed by atoms with Crippen molar-refractivity contribution in [3.05, 3.63) is 17.3 Å². The molecule has 0 atom stereocenters. The second-order valence-electron chi connectivity index (χ2n) is 3.41. The fourth-order valence-corrected chi connectivity index (χ4v) is 1.62. The molecule has 0 unspecified atom stereocenters. The standard InChI is InChI=1S/C9H11ClN4/c1-5(2)14-8-6(12-9(14)11)3-4-7(10)13-8/h3-5H,1-2H3,(H2,11,12). The smallest absolute Gasteiger partial charge is 0.202 e. The van der Waals surface area contributed by atoms with E-state index in [1.165, 1.54) is 0 Å². The third-order valence-electron chi connectivity index (χ3n) is 2.05. The van der Waals surface area contributed by atoms with Crippen molar-refractivity contribution in [2.24, 2.45) is 0 Å². The molecule has 0 spiro atoms. The first-order valence-electron chi connectivity index (χ1n) is 4.39. The predicted molar refractivity (Wildman–Crippen MR) is 57.3 cm³/mol. The van der Waals surface area contributed by atoms with Gasteiger partial charge in [-0.1, -0.05) is 11.6 Å². The van der Waals surface area contributed by atoms with Crippen LogP contribution in [0.5, 0.6) is 0 Å². The Morgan fingerprint density at radius 2 is 2.07 bits per heavy atom. The van der Waals surface area contributed by atoms with E-state index in [4.69, 9.17) is 17.3 Å². The topological polar surface area (TPSA) is 56.7 Å². The highest BCUT2D eigenvalue weighted by Crippen LogP contribution is 2.22. The van der Waals surface area contributed by atoms with Gasteiger partial charge in [-0.05, 0) is 26.0 Å². The van der Waals surface area contributed by atoms with E-state index >= 15 is 0 Å². The van der Waals surface area contributed by atoms with Crippen LogP contribution in [-0.4, -0.2) is 14.5 Å². The number of pyridine rings is 1. The number of nitrogens with zero attached hydrogens (tertiary/aromatic N) is 3. The van der Waals surface area contributed by atoms with Gasteiger partial charge in [-0.25, -0.2) is 9.97 Å². The first-order valence-corrected chi connectivity index (χ1v) is 4.77. The number of fused-ring (bicyclic) bond motifs is 1. The van der Waals surface area contributed by atoms with Gasteiger partial charge in [0, 0.05) is 6.04 Å². The number of halogens is 1. The summed E-state index contributed by atoms with van der Waals surface area (Å²) in [7, 11) is 0. The summed E-state index contributed by atoms with van der Waals surface area (Å²) in [6, 6.07) is 3.76. The molecule has 0 saturated carbocycles. The molecule has 0 aliphatic rings. The lowest BCUT2D eigenvalue weighted by atomic mass is 10.4. The van der Waals surface area contributed by atoms with Crippen LogP contribution in [0, 0.1) is 0 Å². The number of aromatic nitrogens is 3. The molecule has 0 aliphatic heterocycles. The zero-order valence-electron chi connectivity index (χ0n) is 8.03. The molecule has 2 aromatic heterocycles. The van der Waals surface area contributed by atoms with Crippen LogP contribution in [0.15, 0.2) is 12.1 Å². The zero-order valence-corrected chi connectivity index (χ0v) is 8.78. The van der Waals surface area contributed by atoms with E-state index in [9.17, 15) is 0 Å². The summed E-state index contributed by atoms with van der Waals surface area (Å²) in [5.74, 6) is 0.477. The number of anilines is 1. The zero-order chi connectivity index (χ0) is 10.3. The molecule has 0 aromatic carbocycles. The van der Waals surface area contributed by atoms with Crippen LogP contribution >= 0.6 is 11.6 Å². The maximum absolute atomic E-state index is 5.81. The van der Waals surface area contributed by atoms with E-state index < -0.39 is 0 Å². The van der Waals surface area contributed by atoms with Crippen LogP contribution in [0.3, 0.4) is 0 Å². The molecule has 74 valence electrons. The fraction of sp³-hybridized carbons (Fsp3) is 0.333. The Labute approximate surface area is 86.7 Å². The number of nitrogens with two attached hydrogens (primary N) is 1. The largest absolute Gasteiger partial charge is 0.369 e. The van der Waals surface area contributed by atoms with Gasteiger partial charge in [0.05, 0.1) is 0 Å². The number of nitrogen functional groups attached to an aromatic ring is 1. The lowest BCUT2D eigenvalue weighted by Crippen LogP contribution is -2.06. The van der Waals surface area contributed by atoms with Gasteiger partial charge < -0.3 is 5.73 Å². The molecule has 14 heavy (non-hydrogen) atoms. The Morgan fingerprint density at radius 1 is 1.36 bits per heavy atom. The van der Waals surface area contributed by atoms with E-state index in [2.05, 4.69) is 9.97 Å². The molecule has 2 rings (SSSR count). The molecule has 2 N–H and O–H groups in total.